The molecule has 1 N–H and O–H groups in total. The molecule has 0 unspecified atom stereocenters. The molecule has 0 aromatic carbocycles. The zero-order valence-electron chi connectivity index (χ0n) is 10.3. The van der Waals surface area contributed by atoms with E-state index in [9.17, 15) is 0 Å². The predicted octanol–water partition coefficient (Wildman–Crippen LogP) is 4.68. The van der Waals surface area contributed by atoms with Crippen LogP contribution < -0.4 is 5.32 Å². The summed E-state index contributed by atoms with van der Waals surface area (Å²) in [5.41, 5.74) is 2.86. The van der Waals surface area contributed by atoms with Gasteiger partial charge < -0.3 is 5.32 Å². The van der Waals surface area contributed by atoms with Crippen LogP contribution in [0, 0.1) is 5.92 Å². The third-order valence-electron chi connectivity index (χ3n) is 3.67. The fourth-order valence-electron chi connectivity index (χ4n) is 2.51. The van der Waals surface area contributed by atoms with Crippen molar-refractivity contribution in [1.29, 1.82) is 0 Å². The second-order valence-electron chi connectivity index (χ2n) is 5.00. The van der Waals surface area contributed by atoms with Crippen LogP contribution in [-0.4, -0.2) is 6.26 Å². The number of hydrogen-bond donors (Lipinski definition) is 1. The minimum Gasteiger partial charge on any atom is -0.350 e. The standard InChI is InChI=1S/C14H19NS2/c1-9(10-7-8-10)15-14-13(16-2)11-5-3-4-6-12(11)17-14/h10,15H,1,3-8H2,2H3. The summed E-state index contributed by atoms with van der Waals surface area (Å²) < 4.78 is 0. The van der Waals surface area contributed by atoms with E-state index in [1.807, 2.05) is 23.1 Å². The zero-order valence-corrected chi connectivity index (χ0v) is 12.0. The van der Waals surface area contributed by atoms with Crippen LogP contribution in [0.2, 0.25) is 0 Å². The second kappa shape index (κ2) is 4.69. The van der Waals surface area contributed by atoms with Crippen molar-refractivity contribution in [2.24, 2.45) is 5.92 Å². The van der Waals surface area contributed by atoms with Crippen molar-refractivity contribution in [2.45, 2.75) is 43.4 Å². The zero-order chi connectivity index (χ0) is 11.8. The molecule has 1 aromatic heterocycles. The molecule has 0 radical (unpaired) electrons. The number of nitrogens with one attached hydrogen (secondary N) is 1. The molecular formula is C14H19NS2. The maximum absolute atomic E-state index is 4.18. The summed E-state index contributed by atoms with van der Waals surface area (Å²) in [6.07, 6.45) is 10.1. The van der Waals surface area contributed by atoms with Crippen LogP contribution in [0.3, 0.4) is 0 Å². The van der Waals surface area contributed by atoms with Crippen molar-refractivity contribution < 1.29 is 0 Å². The van der Waals surface area contributed by atoms with E-state index in [-0.39, 0.29) is 0 Å². The van der Waals surface area contributed by atoms with Crippen LogP contribution in [0.4, 0.5) is 5.00 Å². The maximum Gasteiger partial charge on any atom is 0.107 e. The van der Waals surface area contributed by atoms with Crippen LogP contribution >= 0.6 is 23.1 Å². The van der Waals surface area contributed by atoms with E-state index < -0.39 is 0 Å². The molecule has 0 saturated heterocycles. The Balaban J connectivity index is 1.87. The largest absolute Gasteiger partial charge is 0.350 e. The molecule has 0 atom stereocenters. The molecule has 2 aliphatic rings. The Bertz CT molecular complexity index is 443. The summed E-state index contributed by atoms with van der Waals surface area (Å²) in [5, 5.41) is 4.95. The first kappa shape index (κ1) is 11.7. The van der Waals surface area contributed by atoms with E-state index in [1.54, 1.807) is 10.4 Å². The van der Waals surface area contributed by atoms with Crippen molar-refractivity contribution in [3.8, 4) is 0 Å². The number of aryl methyl sites for hydroxylation is 1. The van der Waals surface area contributed by atoms with Gasteiger partial charge in [-0.3, -0.25) is 0 Å². The summed E-state index contributed by atoms with van der Waals surface area (Å²) >= 11 is 3.86. The lowest BCUT2D eigenvalue weighted by atomic mass is 9.99. The SMILES string of the molecule is C=C(Nc1sc2c(c1SC)CCCC2)C1CC1. The highest BCUT2D eigenvalue weighted by atomic mass is 32.2. The summed E-state index contributed by atoms with van der Waals surface area (Å²) in [4.78, 5) is 3.11. The average molecular weight is 265 g/mol. The van der Waals surface area contributed by atoms with Crippen LogP contribution in [0.5, 0.6) is 0 Å². The molecule has 1 saturated carbocycles. The molecule has 0 spiro atoms. The monoisotopic (exact) mass is 265 g/mol. The Labute approximate surface area is 112 Å². The number of anilines is 1. The van der Waals surface area contributed by atoms with Crippen molar-refractivity contribution in [2.75, 3.05) is 11.6 Å². The number of fused-ring (bicyclic) bond motifs is 1. The van der Waals surface area contributed by atoms with Gasteiger partial charge in [-0.1, -0.05) is 6.58 Å². The summed E-state index contributed by atoms with van der Waals surface area (Å²) in [5.74, 6) is 0.740. The molecule has 2 aliphatic carbocycles. The Morgan fingerprint density at radius 2 is 2.12 bits per heavy atom. The van der Waals surface area contributed by atoms with E-state index in [2.05, 4.69) is 18.2 Å². The fraction of sp³-hybridized carbons (Fsp3) is 0.571. The first-order valence-electron chi connectivity index (χ1n) is 6.44. The van der Waals surface area contributed by atoms with Crippen LogP contribution in [0.25, 0.3) is 0 Å². The van der Waals surface area contributed by atoms with E-state index in [0.29, 0.717) is 0 Å². The summed E-state index contributed by atoms with van der Waals surface area (Å²) in [7, 11) is 0. The Hall–Kier alpha value is -0.410. The molecular weight excluding hydrogens is 246 g/mol. The third-order valence-corrected chi connectivity index (χ3v) is 5.87. The molecule has 3 rings (SSSR count). The number of allylic oxidation sites excluding steroid dienone is 1. The van der Waals surface area contributed by atoms with Gasteiger partial charge in [-0.05, 0) is 56.3 Å². The normalized spacial score (nSPS) is 18.9. The first-order chi connectivity index (χ1) is 8.29. The Morgan fingerprint density at radius 1 is 1.35 bits per heavy atom. The summed E-state index contributed by atoms with van der Waals surface area (Å²) in [6, 6.07) is 0. The number of thiophene rings is 1. The molecule has 0 bridgehead atoms. The van der Waals surface area contributed by atoms with Crippen LogP contribution in [0.1, 0.15) is 36.1 Å². The molecule has 1 nitrogen and oxygen atoms in total. The van der Waals surface area contributed by atoms with E-state index in [0.717, 1.165) is 5.92 Å². The lowest BCUT2D eigenvalue weighted by molar-refractivity contribution is 0.689. The van der Waals surface area contributed by atoms with Crippen molar-refractivity contribution in [3.63, 3.8) is 0 Å². The van der Waals surface area contributed by atoms with E-state index >= 15 is 0 Å². The number of hydrogen-bond acceptors (Lipinski definition) is 3. The fourth-order valence-corrected chi connectivity index (χ4v) is 4.88. The molecule has 0 amide bonds. The Morgan fingerprint density at radius 3 is 2.82 bits per heavy atom. The maximum atomic E-state index is 4.18. The van der Waals surface area contributed by atoms with Gasteiger partial charge in [-0.15, -0.1) is 23.1 Å². The minimum absolute atomic E-state index is 0.740. The van der Waals surface area contributed by atoms with Gasteiger partial charge in [0.1, 0.15) is 5.00 Å². The van der Waals surface area contributed by atoms with Gasteiger partial charge >= 0.3 is 0 Å². The molecule has 1 heterocycles. The highest BCUT2D eigenvalue weighted by Gasteiger charge is 2.27. The smallest absolute Gasteiger partial charge is 0.107 e. The number of rotatable bonds is 4. The van der Waals surface area contributed by atoms with Crippen LogP contribution in [-0.2, 0) is 12.8 Å². The molecule has 1 fully saturated rings. The summed E-state index contributed by atoms with van der Waals surface area (Å²) in [6.45, 7) is 4.18. The van der Waals surface area contributed by atoms with E-state index in [4.69, 9.17) is 0 Å². The van der Waals surface area contributed by atoms with Crippen molar-refractivity contribution >= 4 is 28.1 Å². The first-order valence-corrected chi connectivity index (χ1v) is 8.48. The second-order valence-corrected chi connectivity index (χ2v) is 6.92. The van der Waals surface area contributed by atoms with Gasteiger partial charge in [0.15, 0.2) is 0 Å². The molecule has 0 aliphatic heterocycles. The predicted molar refractivity (Wildman–Crippen MR) is 78.2 cm³/mol. The molecule has 92 valence electrons. The number of thioether (sulfide) groups is 1. The quantitative estimate of drug-likeness (QED) is 0.793. The van der Waals surface area contributed by atoms with Gasteiger partial charge in [-0.25, -0.2) is 0 Å². The highest BCUT2D eigenvalue weighted by molar-refractivity contribution is 7.99. The molecule has 17 heavy (non-hydrogen) atoms. The highest BCUT2D eigenvalue weighted by Crippen LogP contribution is 2.45. The van der Waals surface area contributed by atoms with Crippen molar-refractivity contribution in [3.05, 3.63) is 22.7 Å². The van der Waals surface area contributed by atoms with Gasteiger partial charge in [0.05, 0.1) is 0 Å². The topological polar surface area (TPSA) is 12.0 Å². The minimum atomic E-state index is 0.740. The van der Waals surface area contributed by atoms with Crippen molar-refractivity contribution in [1.82, 2.24) is 0 Å². The Kier molecular flexibility index (Phi) is 3.22. The van der Waals surface area contributed by atoms with Gasteiger partial charge in [0, 0.05) is 15.5 Å². The van der Waals surface area contributed by atoms with Gasteiger partial charge in [-0.2, -0.15) is 0 Å². The van der Waals surface area contributed by atoms with Gasteiger partial charge in [0.2, 0.25) is 0 Å². The van der Waals surface area contributed by atoms with Crippen LogP contribution in [0.15, 0.2) is 17.2 Å². The molecule has 3 heteroatoms. The molecule has 1 aromatic rings. The third kappa shape index (κ3) is 2.27. The van der Waals surface area contributed by atoms with Gasteiger partial charge in [0.25, 0.3) is 0 Å². The average Bonchev–Trinajstić information content (AvgIpc) is 3.11. The lowest BCUT2D eigenvalue weighted by Gasteiger charge is -2.12. The lowest BCUT2D eigenvalue weighted by Crippen LogP contribution is -2.00. The van der Waals surface area contributed by atoms with E-state index in [1.165, 1.54) is 54.1 Å².